The molecule has 6 heteroatoms. The van der Waals surface area contributed by atoms with Gasteiger partial charge in [0.05, 0.1) is 18.7 Å². The molecule has 1 heterocycles. The summed E-state index contributed by atoms with van der Waals surface area (Å²) in [5.74, 6) is 0.394. The highest BCUT2D eigenvalue weighted by atomic mass is 79.9. The molecule has 0 saturated carbocycles. The Morgan fingerprint density at radius 2 is 2.29 bits per heavy atom. The molecule has 1 rings (SSSR count). The van der Waals surface area contributed by atoms with Crippen LogP contribution in [0.1, 0.15) is 5.82 Å². The maximum atomic E-state index is 10.9. The van der Waals surface area contributed by atoms with Gasteiger partial charge in [0.2, 0.25) is 5.88 Å². The first-order valence-electron chi connectivity index (χ1n) is 3.79. The van der Waals surface area contributed by atoms with Gasteiger partial charge < -0.3 is 9.47 Å². The van der Waals surface area contributed by atoms with Crippen molar-refractivity contribution in [3.05, 3.63) is 16.5 Å². The number of hydrogen-bond acceptors (Lipinski definition) is 5. The number of rotatable bonds is 3. The molecule has 76 valence electrons. The van der Waals surface area contributed by atoms with Gasteiger partial charge in [0.25, 0.3) is 0 Å². The molecule has 0 aromatic carbocycles. The third-order valence-electron chi connectivity index (χ3n) is 1.49. The third kappa shape index (κ3) is 2.66. The van der Waals surface area contributed by atoms with Crippen LogP contribution in [0.4, 0.5) is 0 Å². The lowest BCUT2D eigenvalue weighted by molar-refractivity contribution is -0.139. The van der Waals surface area contributed by atoms with Crippen LogP contribution in [0.15, 0.2) is 10.7 Å². The summed E-state index contributed by atoms with van der Waals surface area (Å²) in [5.41, 5.74) is 0. The lowest BCUT2D eigenvalue weighted by atomic mass is 10.4. The highest BCUT2D eigenvalue weighted by Gasteiger charge is 2.09. The van der Waals surface area contributed by atoms with Crippen molar-refractivity contribution in [2.45, 2.75) is 6.42 Å². The maximum absolute atomic E-state index is 10.9. The van der Waals surface area contributed by atoms with Crippen LogP contribution in [0.5, 0.6) is 5.88 Å². The zero-order chi connectivity index (χ0) is 10.6. The highest BCUT2D eigenvalue weighted by molar-refractivity contribution is 9.10. The first kappa shape index (κ1) is 10.9. The van der Waals surface area contributed by atoms with Gasteiger partial charge in [0.1, 0.15) is 12.2 Å². The second-order valence-corrected chi connectivity index (χ2v) is 3.25. The molecule has 0 aliphatic carbocycles. The summed E-state index contributed by atoms with van der Waals surface area (Å²) in [5, 5.41) is 0. The molecular formula is C8H9BrN2O3. The van der Waals surface area contributed by atoms with E-state index in [4.69, 9.17) is 4.74 Å². The minimum atomic E-state index is -0.380. The zero-order valence-electron chi connectivity index (χ0n) is 7.78. The van der Waals surface area contributed by atoms with Crippen molar-refractivity contribution in [1.82, 2.24) is 9.97 Å². The molecule has 14 heavy (non-hydrogen) atoms. The molecule has 0 fully saturated rings. The van der Waals surface area contributed by atoms with Crippen LogP contribution in [0.2, 0.25) is 0 Å². The van der Waals surface area contributed by atoms with Gasteiger partial charge in [-0.1, -0.05) is 0 Å². The van der Waals surface area contributed by atoms with Gasteiger partial charge in [-0.25, -0.2) is 4.98 Å². The van der Waals surface area contributed by atoms with E-state index in [1.807, 2.05) is 0 Å². The molecule has 1 aromatic heterocycles. The Labute approximate surface area is 89.6 Å². The monoisotopic (exact) mass is 260 g/mol. The van der Waals surface area contributed by atoms with Gasteiger partial charge in [-0.15, -0.1) is 0 Å². The van der Waals surface area contributed by atoms with Gasteiger partial charge in [0, 0.05) is 6.20 Å². The van der Waals surface area contributed by atoms with E-state index < -0.39 is 0 Å². The number of carbonyl (C=O) groups excluding carboxylic acids is 1. The molecule has 0 saturated heterocycles. The van der Waals surface area contributed by atoms with E-state index in [9.17, 15) is 4.79 Å². The van der Waals surface area contributed by atoms with E-state index in [-0.39, 0.29) is 12.4 Å². The van der Waals surface area contributed by atoms with Crippen LogP contribution in [0, 0.1) is 0 Å². The van der Waals surface area contributed by atoms with Crippen molar-refractivity contribution in [3.8, 4) is 5.88 Å². The number of methoxy groups -OCH3 is 2. The molecular weight excluding hydrogens is 252 g/mol. The number of esters is 1. The first-order valence-corrected chi connectivity index (χ1v) is 4.59. The smallest absolute Gasteiger partial charge is 0.313 e. The summed E-state index contributed by atoms with van der Waals surface area (Å²) in [6, 6.07) is 0. The summed E-state index contributed by atoms with van der Waals surface area (Å²) in [6.07, 6.45) is 1.57. The van der Waals surface area contributed by atoms with Crippen molar-refractivity contribution in [2.24, 2.45) is 0 Å². The predicted octanol–water partition coefficient (Wildman–Crippen LogP) is 0.963. The van der Waals surface area contributed by atoms with Crippen LogP contribution in [0.3, 0.4) is 0 Å². The number of aromatic nitrogens is 2. The van der Waals surface area contributed by atoms with Gasteiger partial charge in [-0.05, 0) is 15.9 Å². The fraction of sp³-hybridized carbons (Fsp3) is 0.375. The van der Waals surface area contributed by atoms with E-state index >= 15 is 0 Å². The predicted molar refractivity (Wildman–Crippen MR) is 52.0 cm³/mol. The summed E-state index contributed by atoms with van der Waals surface area (Å²) in [6.45, 7) is 0. The molecule has 0 bridgehead atoms. The normalized spacial score (nSPS) is 9.64. The lowest BCUT2D eigenvalue weighted by Crippen LogP contribution is -2.08. The summed E-state index contributed by atoms with van der Waals surface area (Å²) >= 11 is 3.21. The summed E-state index contributed by atoms with van der Waals surface area (Å²) in [4.78, 5) is 18.8. The third-order valence-corrected chi connectivity index (χ3v) is 2.03. The van der Waals surface area contributed by atoms with E-state index in [1.54, 1.807) is 0 Å². The van der Waals surface area contributed by atoms with E-state index in [0.29, 0.717) is 16.2 Å². The Hall–Kier alpha value is -1.17. The van der Waals surface area contributed by atoms with Gasteiger partial charge in [0.15, 0.2) is 0 Å². The van der Waals surface area contributed by atoms with E-state index in [0.717, 1.165) is 0 Å². The van der Waals surface area contributed by atoms with Crippen molar-refractivity contribution in [1.29, 1.82) is 0 Å². The Morgan fingerprint density at radius 1 is 1.57 bits per heavy atom. The fourth-order valence-corrected chi connectivity index (χ4v) is 1.17. The Morgan fingerprint density at radius 3 is 2.86 bits per heavy atom. The lowest BCUT2D eigenvalue weighted by Gasteiger charge is -2.03. The molecule has 0 spiro atoms. The largest absolute Gasteiger partial charge is 0.480 e. The average Bonchev–Trinajstić information content (AvgIpc) is 2.20. The molecule has 5 nitrogen and oxygen atoms in total. The SMILES string of the molecule is COC(=O)Cc1ncc(Br)c(OC)n1. The summed E-state index contributed by atoms with van der Waals surface area (Å²) < 4.78 is 10.1. The topological polar surface area (TPSA) is 61.3 Å². The van der Waals surface area contributed by atoms with Crippen LogP contribution in [0.25, 0.3) is 0 Å². The number of hydrogen-bond donors (Lipinski definition) is 0. The second-order valence-electron chi connectivity index (χ2n) is 2.40. The first-order chi connectivity index (χ1) is 6.67. The van der Waals surface area contributed by atoms with Crippen molar-refractivity contribution in [3.63, 3.8) is 0 Å². The highest BCUT2D eigenvalue weighted by Crippen LogP contribution is 2.20. The van der Waals surface area contributed by atoms with Crippen LogP contribution in [-0.2, 0) is 16.0 Å². The molecule has 0 unspecified atom stereocenters. The fourth-order valence-electron chi connectivity index (χ4n) is 0.815. The minimum Gasteiger partial charge on any atom is -0.480 e. The Balaban J connectivity index is 2.84. The quantitative estimate of drug-likeness (QED) is 0.758. The van der Waals surface area contributed by atoms with Gasteiger partial charge >= 0.3 is 5.97 Å². The molecule has 0 aliphatic rings. The van der Waals surface area contributed by atoms with E-state index in [2.05, 4.69) is 30.6 Å². The molecule has 0 aliphatic heterocycles. The van der Waals surface area contributed by atoms with Crippen LogP contribution in [-0.4, -0.2) is 30.2 Å². The molecule has 0 radical (unpaired) electrons. The molecule has 1 aromatic rings. The van der Waals surface area contributed by atoms with Gasteiger partial charge in [-0.3, -0.25) is 4.79 Å². The minimum absolute atomic E-state index is 0.0418. The zero-order valence-corrected chi connectivity index (χ0v) is 9.37. The second kappa shape index (κ2) is 4.90. The number of nitrogens with zero attached hydrogens (tertiary/aromatic N) is 2. The van der Waals surface area contributed by atoms with Crippen molar-refractivity contribution >= 4 is 21.9 Å². The molecule has 0 amide bonds. The van der Waals surface area contributed by atoms with Crippen molar-refractivity contribution < 1.29 is 14.3 Å². The van der Waals surface area contributed by atoms with E-state index in [1.165, 1.54) is 20.4 Å². The number of carbonyl (C=O) groups is 1. The maximum Gasteiger partial charge on any atom is 0.313 e. The van der Waals surface area contributed by atoms with Crippen molar-refractivity contribution in [2.75, 3.05) is 14.2 Å². The van der Waals surface area contributed by atoms with Crippen LogP contribution >= 0.6 is 15.9 Å². The average molecular weight is 261 g/mol. The molecule has 0 atom stereocenters. The number of ether oxygens (including phenoxy) is 2. The number of halogens is 1. The van der Waals surface area contributed by atoms with Gasteiger partial charge in [-0.2, -0.15) is 4.98 Å². The Kier molecular flexibility index (Phi) is 3.82. The molecule has 0 N–H and O–H groups in total. The standard InChI is InChI=1S/C8H9BrN2O3/c1-13-7(12)3-6-10-4-5(9)8(11-6)14-2/h4H,3H2,1-2H3. The van der Waals surface area contributed by atoms with Crippen LogP contribution < -0.4 is 4.74 Å². The Bertz CT molecular complexity index is 343. The summed E-state index contributed by atoms with van der Waals surface area (Å²) in [7, 11) is 2.81.